The number of aryl methyl sites for hydroxylation is 1. The summed E-state index contributed by atoms with van der Waals surface area (Å²) in [4.78, 5) is 0. The number of rotatable bonds is 8. The lowest BCUT2D eigenvalue weighted by atomic mass is 9.91. The van der Waals surface area contributed by atoms with Gasteiger partial charge in [0.2, 0.25) is 0 Å². The zero-order valence-electron chi connectivity index (χ0n) is 14.6. The lowest BCUT2D eigenvalue weighted by Gasteiger charge is -2.17. The van der Waals surface area contributed by atoms with E-state index >= 15 is 0 Å². The van der Waals surface area contributed by atoms with E-state index in [0.717, 1.165) is 25.2 Å². The highest BCUT2D eigenvalue weighted by Crippen LogP contribution is 2.23. The van der Waals surface area contributed by atoms with Crippen LogP contribution in [0.5, 0.6) is 5.75 Å². The molecule has 124 valence electrons. The molecule has 0 saturated carbocycles. The number of benzene rings is 2. The molecule has 2 rings (SSSR count). The van der Waals surface area contributed by atoms with E-state index in [4.69, 9.17) is 10.5 Å². The summed E-state index contributed by atoms with van der Waals surface area (Å²) in [5, 5.41) is 0. The second-order valence-electron chi connectivity index (χ2n) is 6.58. The van der Waals surface area contributed by atoms with Crippen molar-refractivity contribution in [2.75, 3.05) is 13.2 Å². The van der Waals surface area contributed by atoms with E-state index in [-0.39, 0.29) is 0 Å². The minimum absolute atomic E-state index is 0.348. The van der Waals surface area contributed by atoms with Crippen molar-refractivity contribution >= 4 is 0 Å². The van der Waals surface area contributed by atoms with Crippen LogP contribution in [-0.4, -0.2) is 13.2 Å². The fraction of sp³-hybridized carbons (Fsp3) is 0.429. The summed E-state index contributed by atoms with van der Waals surface area (Å²) in [6.07, 6.45) is 2.02. The second kappa shape index (κ2) is 8.73. The van der Waals surface area contributed by atoms with Crippen molar-refractivity contribution in [2.24, 2.45) is 11.7 Å². The average Bonchev–Trinajstić information content (AvgIpc) is 2.58. The van der Waals surface area contributed by atoms with Crippen LogP contribution in [0, 0.1) is 5.92 Å². The van der Waals surface area contributed by atoms with Gasteiger partial charge in [0.25, 0.3) is 0 Å². The second-order valence-corrected chi connectivity index (χ2v) is 6.58. The predicted molar refractivity (Wildman–Crippen MR) is 98.1 cm³/mol. The van der Waals surface area contributed by atoms with E-state index in [9.17, 15) is 0 Å². The van der Waals surface area contributed by atoms with Crippen LogP contribution in [0.3, 0.4) is 0 Å². The zero-order chi connectivity index (χ0) is 16.7. The molecular formula is C21H29NO. The van der Waals surface area contributed by atoms with Crippen molar-refractivity contribution in [3.05, 3.63) is 65.2 Å². The van der Waals surface area contributed by atoms with Crippen LogP contribution in [0.25, 0.3) is 0 Å². The Labute approximate surface area is 140 Å². The van der Waals surface area contributed by atoms with E-state index in [0.29, 0.717) is 18.4 Å². The summed E-state index contributed by atoms with van der Waals surface area (Å²) >= 11 is 0. The Balaban J connectivity index is 2.07. The molecule has 2 aromatic rings. The maximum Gasteiger partial charge on any atom is 0.119 e. The molecule has 0 radical (unpaired) electrons. The van der Waals surface area contributed by atoms with Gasteiger partial charge >= 0.3 is 0 Å². The fourth-order valence-electron chi connectivity index (χ4n) is 2.67. The largest absolute Gasteiger partial charge is 0.493 e. The first-order chi connectivity index (χ1) is 11.1. The Kier molecular flexibility index (Phi) is 6.66. The van der Waals surface area contributed by atoms with E-state index in [1.807, 2.05) is 6.07 Å². The lowest BCUT2D eigenvalue weighted by Crippen LogP contribution is -2.15. The van der Waals surface area contributed by atoms with Crippen molar-refractivity contribution in [3.63, 3.8) is 0 Å². The molecule has 23 heavy (non-hydrogen) atoms. The minimum atomic E-state index is 0.348. The van der Waals surface area contributed by atoms with Gasteiger partial charge in [0, 0.05) is 5.92 Å². The molecule has 1 atom stereocenters. The van der Waals surface area contributed by atoms with Crippen LogP contribution in [0.2, 0.25) is 0 Å². The van der Waals surface area contributed by atoms with Crippen molar-refractivity contribution in [1.29, 1.82) is 0 Å². The molecule has 0 aromatic heterocycles. The maximum atomic E-state index is 6.03. The number of nitrogens with two attached hydrogens (primary N) is 1. The van der Waals surface area contributed by atoms with Gasteiger partial charge in [0.15, 0.2) is 0 Å². The Morgan fingerprint density at radius 3 is 2.35 bits per heavy atom. The number of ether oxygens (including phenoxy) is 1. The maximum absolute atomic E-state index is 6.03. The SMILES string of the molecule is CCc1ccc(C(CN)Cc2cccc(OCC(C)C)c2)cc1. The van der Waals surface area contributed by atoms with Crippen molar-refractivity contribution in [1.82, 2.24) is 0 Å². The molecule has 0 bridgehead atoms. The van der Waals surface area contributed by atoms with E-state index in [1.54, 1.807) is 0 Å². The van der Waals surface area contributed by atoms with Crippen LogP contribution < -0.4 is 10.5 Å². The molecule has 0 spiro atoms. The third-order valence-corrected chi connectivity index (χ3v) is 4.11. The van der Waals surface area contributed by atoms with Crippen molar-refractivity contribution in [3.8, 4) is 5.75 Å². The first-order valence-corrected chi connectivity index (χ1v) is 8.63. The van der Waals surface area contributed by atoms with Gasteiger partial charge in [-0.05, 0) is 54.1 Å². The smallest absolute Gasteiger partial charge is 0.119 e. The standard InChI is InChI=1S/C21H29NO/c1-4-17-8-10-19(11-9-17)20(14-22)12-18-6-5-7-21(13-18)23-15-16(2)3/h5-11,13,16,20H,4,12,14-15,22H2,1-3H3. The molecule has 0 aliphatic heterocycles. The number of hydrogen-bond donors (Lipinski definition) is 1. The quantitative estimate of drug-likeness (QED) is 0.775. The van der Waals surface area contributed by atoms with Crippen LogP contribution in [0.4, 0.5) is 0 Å². The third kappa shape index (κ3) is 5.40. The summed E-state index contributed by atoms with van der Waals surface area (Å²) in [5.74, 6) is 1.84. The topological polar surface area (TPSA) is 35.2 Å². The normalized spacial score (nSPS) is 12.4. The van der Waals surface area contributed by atoms with Crippen molar-refractivity contribution < 1.29 is 4.74 Å². The van der Waals surface area contributed by atoms with Gasteiger partial charge in [-0.25, -0.2) is 0 Å². The van der Waals surface area contributed by atoms with Crippen LogP contribution in [0.15, 0.2) is 48.5 Å². The first kappa shape index (κ1) is 17.6. The van der Waals surface area contributed by atoms with Crippen molar-refractivity contribution in [2.45, 2.75) is 39.5 Å². The summed E-state index contributed by atoms with van der Waals surface area (Å²) in [6.45, 7) is 7.91. The zero-order valence-corrected chi connectivity index (χ0v) is 14.6. The lowest BCUT2D eigenvalue weighted by molar-refractivity contribution is 0.271. The van der Waals surface area contributed by atoms with Gasteiger partial charge in [-0.3, -0.25) is 0 Å². The van der Waals surface area contributed by atoms with E-state index in [1.165, 1.54) is 16.7 Å². The summed E-state index contributed by atoms with van der Waals surface area (Å²) in [6, 6.07) is 17.3. The molecule has 2 heteroatoms. The highest BCUT2D eigenvalue weighted by molar-refractivity contribution is 5.32. The molecule has 2 N–H and O–H groups in total. The molecule has 0 aliphatic rings. The van der Waals surface area contributed by atoms with Crippen LogP contribution in [0.1, 0.15) is 43.4 Å². The summed E-state index contributed by atoms with van der Waals surface area (Å²) < 4.78 is 5.83. The summed E-state index contributed by atoms with van der Waals surface area (Å²) in [7, 11) is 0. The molecule has 0 saturated heterocycles. The first-order valence-electron chi connectivity index (χ1n) is 8.63. The highest BCUT2D eigenvalue weighted by atomic mass is 16.5. The van der Waals surface area contributed by atoms with Crippen LogP contribution >= 0.6 is 0 Å². The minimum Gasteiger partial charge on any atom is -0.493 e. The Morgan fingerprint density at radius 2 is 1.74 bits per heavy atom. The fourth-order valence-corrected chi connectivity index (χ4v) is 2.67. The number of hydrogen-bond acceptors (Lipinski definition) is 2. The van der Waals surface area contributed by atoms with E-state index < -0.39 is 0 Å². The molecule has 0 fully saturated rings. The van der Waals surface area contributed by atoms with Gasteiger partial charge in [0.05, 0.1) is 6.61 Å². The predicted octanol–water partition coefficient (Wildman–Crippen LogP) is 4.57. The van der Waals surface area contributed by atoms with Gasteiger partial charge in [0.1, 0.15) is 5.75 Å². The van der Waals surface area contributed by atoms with Crippen LogP contribution in [-0.2, 0) is 12.8 Å². The molecule has 0 aliphatic carbocycles. The molecule has 1 unspecified atom stereocenters. The van der Waals surface area contributed by atoms with Gasteiger partial charge < -0.3 is 10.5 Å². The third-order valence-electron chi connectivity index (χ3n) is 4.11. The van der Waals surface area contributed by atoms with E-state index in [2.05, 4.69) is 63.2 Å². The molecule has 2 nitrogen and oxygen atoms in total. The Morgan fingerprint density at radius 1 is 1.00 bits per heavy atom. The molecule has 2 aromatic carbocycles. The van der Waals surface area contributed by atoms with Gasteiger partial charge in [-0.1, -0.05) is 57.2 Å². The van der Waals surface area contributed by atoms with Gasteiger partial charge in [-0.15, -0.1) is 0 Å². The Hall–Kier alpha value is -1.80. The Bertz CT molecular complexity index is 589. The average molecular weight is 311 g/mol. The van der Waals surface area contributed by atoms with Gasteiger partial charge in [-0.2, -0.15) is 0 Å². The highest BCUT2D eigenvalue weighted by Gasteiger charge is 2.11. The molecule has 0 amide bonds. The summed E-state index contributed by atoms with van der Waals surface area (Å²) in [5.41, 5.74) is 9.99. The monoisotopic (exact) mass is 311 g/mol. The molecular weight excluding hydrogens is 282 g/mol. The molecule has 0 heterocycles.